The van der Waals surface area contributed by atoms with Gasteiger partial charge in [-0.05, 0) is 25.1 Å². The summed E-state index contributed by atoms with van der Waals surface area (Å²) in [4.78, 5) is 11.5. The largest absolute Gasteiger partial charge is 0.281 e. The van der Waals surface area contributed by atoms with Crippen molar-refractivity contribution >= 4 is 0 Å². The van der Waals surface area contributed by atoms with E-state index >= 15 is 0 Å². The maximum Gasteiger partial charge on any atom is 0.255 e. The summed E-state index contributed by atoms with van der Waals surface area (Å²) in [6, 6.07) is 9.72. The van der Waals surface area contributed by atoms with Gasteiger partial charge in [0.25, 0.3) is 5.56 Å². The molecule has 0 radical (unpaired) electrons. The van der Waals surface area contributed by atoms with E-state index < -0.39 is 5.82 Å². The molecule has 0 spiro atoms. The highest BCUT2D eigenvalue weighted by atomic mass is 19.1. The van der Waals surface area contributed by atoms with Crippen LogP contribution < -0.4 is 5.56 Å². The minimum absolute atomic E-state index is 0.236. The van der Waals surface area contributed by atoms with Crippen LogP contribution >= 0.6 is 0 Å². The summed E-state index contributed by atoms with van der Waals surface area (Å²) in [5, 5.41) is 0. The smallest absolute Gasteiger partial charge is 0.255 e. The fourth-order valence-electron chi connectivity index (χ4n) is 1.37. The molecule has 0 atom stereocenters. The number of nitrogens with zero attached hydrogens (tertiary/aromatic N) is 1. The standard InChI is InChI=1S/C12H10FNO/c1-9-2-5-11(6-3-9)14-8-10(13)4-7-12(14)15/h2-8H,1H3. The molecule has 76 valence electrons. The van der Waals surface area contributed by atoms with E-state index in [1.54, 1.807) is 12.1 Å². The molecular formula is C12H10FNO. The zero-order valence-corrected chi connectivity index (χ0v) is 8.27. The van der Waals surface area contributed by atoms with Crippen LogP contribution in [0.2, 0.25) is 0 Å². The van der Waals surface area contributed by atoms with E-state index in [0.29, 0.717) is 5.69 Å². The van der Waals surface area contributed by atoms with Gasteiger partial charge in [-0.3, -0.25) is 9.36 Å². The molecule has 0 unspecified atom stereocenters. The van der Waals surface area contributed by atoms with Crippen LogP contribution in [-0.2, 0) is 0 Å². The molecule has 0 amide bonds. The van der Waals surface area contributed by atoms with Gasteiger partial charge < -0.3 is 0 Å². The zero-order chi connectivity index (χ0) is 10.8. The van der Waals surface area contributed by atoms with E-state index in [1.807, 2.05) is 19.1 Å². The topological polar surface area (TPSA) is 22.0 Å². The highest BCUT2D eigenvalue weighted by Gasteiger charge is 2.00. The Balaban J connectivity index is 2.58. The third kappa shape index (κ3) is 1.96. The van der Waals surface area contributed by atoms with Gasteiger partial charge in [0.2, 0.25) is 0 Å². The lowest BCUT2D eigenvalue weighted by Crippen LogP contribution is -2.16. The van der Waals surface area contributed by atoms with Crippen LogP contribution in [0, 0.1) is 12.7 Å². The normalized spacial score (nSPS) is 10.3. The second-order valence-electron chi connectivity index (χ2n) is 3.39. The van der Waals surface area contributed by atoms with Gasteiger partial charge in [-0.1, -0.05) is 17.7 Å². The second-order valence-corrected chi connectivity index (χ2v) is 3.39. The monoisotopic (exact) mass is 203 g/mol. The summed E-state index contributed by atoms with van der Waals surface area (Å²) >= 11 is 0. The number of aryl methyl sites for hydroxylation is 1. The fraction of sp³-hybridized carbons (Fsp3) is 0.0833. The summed E-state index contributed by atoms with van der Waals surface area (Å²) < 4.78 is 14.2. The van der Waals surface area contributed by atoms with E-state index in [0.717, 1.165) is 11.6 Å². The number of hydrogen-bond acceptors (Lipinski definition) is 1. The Morgan fingerprint density at radius 3 is 2.40 bits per heavy atom. The number of benzene rings is 1. The van der Waals surface area contributed by atoms with Crippen LogP contribution in [0.5, 0.6) is 0 Å². The Morgan fingerprint density at radius 2 is 1.73 bits per heavy atom. The van der Waals surface area contributed by atoms with Crippen LogP contribution in [0.25, 0.3) is 5.69 Å². The lowest BCUT2D eigenvalue weighted by molar-refractivity contribution is 0.613. The Bertz CT molecular complexity index is 528. The van der Waals surface area contributed by atoms with Gasteiger partial charge in [0.05, 0.1) is 0 Å². The Hall–Kier alpha value is -1.90. The number of halogens is 1. The molecule has 3 heteroatoms. The van der Waals surface area contributed by atoms with Crippen molar-refractivity contribution in [3.8, 4) is 5.69 Å². The number of aromatic nitrogens is 1. The predicted octanol–water partition coefficient (Wildman–Crippen LogP) is 2.29. The zero-order valence-electron chi connectivity index (χ0n) is 8.27. The highest BCUT2D eigenvalue weighted by molar-refractivity contribution is 5.34. The van der Waals surface area contributed by atoms with Crippen molar-refractivity contribution in [3.05, 3.63) is 64.3 Å². The second kappa shape index (κ2) is 3.69. The minimum atomic E-state index is -0.421. The molecule has 2 nitrogen and oxygen atoms in total. The maximum absolute atomic E-state index is 13.0. The highest BCUT2D eigenvalue weighted by Crippen LogP contribution is 2.07. The fourth-order valence-corrected chi connectivity index (χ4v) is 1.37. The molecule has 15 heavy (non-hydrogen) atoms. The Morgan fingerprint density at radius 1 is 1.07 bits per heavy atom. The van der Waals surface area contributed by atoms with Crippen molar-refractivity contribution in [3.63, 3.8) is 0 Å². The van der Waals surface area contributed by atoms with Gasteiger partial charge in [0.1, 0.15) is 5.82 Å². The van der Waals surface area contributed by atoms with Gasteiger partial charge in [-0.25, -0.2) is 4.39 Å². The molecule has 0 saturated carbocycles. The molecule has 1 heterocycles. The maximum atomic E-state index is 13.0. The van der Waals surface area contributed by atoms with E-state index in [1.165, 1.54) is 16.8 Å². The van der Waals surface area contributed by atoms with E-state index in [2.05, 4.69) is 0 Å². The Labute approximate surface area is 86.6 Å². The SMILES string of the molecule is Cc1ccc(-n2cc(F)ccc2=O)cc1. The molecule has 0 aliphatic heterocycles. The third-order valence-corrected chi connectivity index (χ3v) is 2.19. The molecule has 0 aliphatic carbocycles. The molecule has 2 rings (SSSR count). The van der Waals surface area contributed by atoms with Crippen LogP contribution in [0.4, 0.5) is 4.39 Å². The van der Waals surface area contributed by atoms with Crippen molar-refractivity contribution < 1.29 is 4.39 Å². The van der Waals surface area contributed by atoms with Gasteiger partial charge in [-0.2, -0.15) is 0 Å². The number of hydrogen-bond donors (Lipinski definition) is 0. The van der Waals surface area contributed by atoms with Crippen molar-refractivity contribution in [2.45, 2.75) is 6.92 Å². The summed E-state index contributed by atoms with van der Waals surface area (Å²) in [5.74, 6) is -0.421. The molecule has 0 aliphatic rings. The molecular weight excluding hydrogens is 193 g/mol. The van der Waals surface area contributed by atoms with E-state index in [9.17, 15) is 9.18 Å². The molecule has 1 aromatic carbocycles. The van der Waals surface area contributed by atoms with Gasteiger partial charge in [0, 0.05) is 18.0 Å². The predicted molar refractivity (Wildman–Crippen MR) is 56.7 cm³/mol. The van der Waals surface area contributed by atoms with Crippen molar-refractivity contribution in [1.29, 1.82) is 0 Å². The molecule has 1 aromatic heterocycles. The molecule has 0 N–H and O–H groups in total. The lowest BCUT2D eigenvalue weighted by atomic mass is 10.2. The van der Waals surface area contributed by atoms with Gasteiger partial charge in [-0.15, -0.1) is 0 Å². The summed E-state index contributed by atoms with van der Waals surface area (Å²) in [5.41, 5.74) is 1.54. The third-order valence-electron chi connectivity index (χ3n) is 2.19. The summed E-state index contributed by atoms with van der Waals surface area (Å²) in [6.45, 7) is 1.96. The average molecular weight is 203 g/mol. The first-order valence-electron chi connectivity index (χ1n) is 4.62. The molecule has 2 aromatic rings. The molecule has 0 saturated heterocycles. The quantitative estimate of drug-likeness (QED) is 0.697. The van der Waals surface area contributed by atoms with Crippen LogP contribution in [0.15, 0.2) is 47.4 Å². The molecule has 0 bridgehead atoms. The van der Waals surface area contributed by atoms with Crippen molar-refractivity contribution in [1.82, 2.24) is 4.57 Å². The number of pyridine rings is 1. The Kier molecular flexibility index (Phi) is 2.37. The minimum Gasteiger partial charge on any atom is -0.281 e. The van der Waals surface area contributed by atoms with E-state index in [-0.39, 0.29) is 5.56 Å². The van der Waals surface area contributed by atoms with Crippen LogP contribution in [0.3, 0.4) is 0 Å². The number of rotatable bonds is 1. The van der Waals surface area contributed by atoms with Crippen LogP contribution in [0.1, 0.15) is 5.56 Å². The average Bonchev–Trinajstić information content (AvgIpc) is 2.23. The van der Waals surface area contributed by atoms with Crippen molar-refractivity contribution in [2.75, 3.05) is 0 Å². The van der Waals surface area contributed by atoms with Gasteiger partial charge >= 0.3 is 0 Å². The van der Waals surface area contributed by atoms with Gasteiger partial charge in [0.15, 0.2) is 0 Å². The van der Waals surface area contributed by atoms with Crippen LogP contribution in [-0.4, -0.2) is 4.57 Å². The first-order valence-corrected chi connectivity index (χ1v) is 4.62. The first-order chi connectivity index (χ1) is 7.16. The molecule has 0 fully saturated rings. The summed E-state index contributed by atoms with van der Waals surface area (Å²) in [6.07, 6.45) is 1.19. The van der Waals surface area contributed by atoms with E-state index in [4.69, 9.17) is 0 Å². The first kappa shape index (κ1) is 9.65. The summed E-state index contributed by atoms with van der Waals surface area (Å²) in [7, 11) is 0. The van der Waals surface area contributed by atoms with Crippen molar-refractivity contribution in [2.24, 2.45) is 0 Å². The lowest BCUT2D eigenvalue weighted by Gasteiger charge is -2.05.